The van der Waals surface area contributed by atoms with Crippen molar-refractivity contribution in [2.75, 3.05) is 26.7 Å². The Labute approximate surface area is 238 Å². The van der Waals surface area contributed by atoms with Gasteiger partial charge in [0.15, 0.2) is 0 Å². The van der Waals surface area contributed by atoms with Crippen LogP contribution >= 0.6 is 33.9 Å². The molecule has 0 saturated heterocycles. The fraction of sp³-hybridized carbons (Fsp3) is 0.571. The van der Waals surface area contributed by atoms with Crippen LogP contribution in [-0.2, 0) is 4.74 Å². The minimum absolute atomic E-state index is 0.242. The highest BCUT2D eigenvalue weighted by molar-refractivity contribution is 14.1. The van der Waals surface area contributed by atoms with Gasteiger partial charge in [-0.1, -0.05) is 19.8 Å². The van der Waals surface area contributed by atoms with E-state index in [1.807, 2.05) is 19.9 Å². The van der Waals surface area contributed by atoms with Gasteiger partial charge < -0.3 is 10.5 Å². The summed E-state index contributed by atoms with van der Waals surface area (Å²) >= 11 is 3.84. The van der Waals surface area contributed by atoms with Crippen LogP contribution in [0.1, 0.15) is 78.5 Å². The number of hydrogen-bond donors (Lipinski definition) is 1. The summed E-state index contributed by atoms with van der Waals surface area (Å²) < 4.78 is 6.25. The van der Waals surface area contributed by atoms with Crippen LogP contribution in [0.5, 0.6) is 0 Å². The van der Waals surface area contributed by atoms with E-state index in [1.165, 1.54) is 68.1 Å². The zero-order valence-electron chi connectivity index (χ0n) is 22.3. The maximum atomic E-state index is 12.6. The number of nitrogens with two attached hydrogens (primary N) is 1. The third kappa shape index (κ3) is 7.17. The summed E-state index contributed by atoms with van der Waals surface area (Å²) in [6, 6.07) is 4.10. The van der Waals surface area contributed by atoms with Crippen LogP contribution in [0.15, 0.2) is 22.7 Å². The maximum absolute atomic E-state index is 12.6. The third-order valence-electron chi connectivity index (χ3n) is 7.49. The Kier molecular flexibility index (Phi) is 9.74. The molecule has 2 aromatic rings. The summed E-state index contributed by atoms with van der Waals surface area (Å²) in [6.45, 7) is 8.44. The van der Waals surface area contributed by atoms with Crippen molar-refractivity contribution in [1.82, 2.24) is 14.9 Å². The Morgan fingerprint density at radius 1 is 1.22 bits per heavy atom. The number of esters is 1. The molecule has 200 valence electrons. The van der Waals surface area contributed by atoms with E-state index in [1.54, 1.807) is 0 Å². The monoisotopic (exact) mass is 635 g/mol. The molecule has 0 bridgehead atoms. The van der Waals surface area contributed by atoms with Crippen LogP contribution in [0.2, 0.25) is 0 Å². The molecule has 1 saturated carbocycles. The molecule has 2 aliphatic rings. The van der Waals surface area contributed by atoms with Gasteiger partial charge in [0.05, 0.1) is 16.5 Å². The first-order valence-electron chi connectivity index (χ1n) is 13.2. The number of aliphatic imine (C=N–C) groups is 1. The fourth-order valence-electron chi connectivity index (χ4n) is 5.85. The zero-order chi connectivity index (χ0) is 26.5. The number of carbonyl (C=O) groups is 1. The molecule has 1 aliphatic heterocycles. The molecule has 0 aromatic carbocycles. The van der Waals surface area contributed by atoms with Crippen molar-refractivity contribution in [2.24, 2.45) is 22.6 Å². The van der Waals surface area contributed by atoms with E-state index in [0.717, 1.165) is 50.1 Å². The van der Waals surface area contributed by atoms with Gasteiger partial charge in [0, 0.05) is 30.0 Å². The van der Waals surface area contributed by atoms with Crippen molar-refractivity contribution in [1.29, 1.82) is 0 Å². The first-order valence-corrected chi connectivity index (χ1v) is 15.1. The second-order valence-corrected chi connectivity index (χ2v) is 13.3. The van der Waals surface area contributed by atoms with Gasteiger partial charge in [-0.15, -0.1) is 11.3 Å². The number of methoxy groups -OCH3 is 1. The molecular formula is C28H38IN5O2S. The minimum atomic E-state index is -0.242. The van der Waals surface area contributed by atoms with Gasteiger partial charge >= 0.3 is 5.97 Å². The number of amidine groups is 1. The van der Waals surface area contributed by atoms with Crippen molar-refractivity contribution >= 4 is 57.3 Å². The molecule has 0 amide bonds. The molecular weight excluding hydrogens is 597 g/mol. The van der Waals surface area contributed by atoms with Crippen LogP contribution in [-0.4, -0.2) is 53.4 Å². The molecule has 4 rings (SSSR count). The largest absolute Gasteiger partial charge is 0.465 e. The lowest BCUT2D eigenvalue weighted by Gasteiger charge is -2.37. The second kappa shape index (κ2) is 12.8. The fourth-order valence-corrected chi connectivity index (χ4v) is 7.65. The summed E-state index contributed by atoms with van der Waals surface area (Å²) in [4.78, 5) is 29.1. The molecule has 2 aromatic heterocycles. The highest BCUT2D eigenvalue weighted by Crippen LogP contribution is 2.43. The van der Waals surface area contributed by atoms with Gasteiger partial charge in [-0.2, -0.15) is 4.99 Å². The smallest absolute Gasteiger partial charge is 0.348 e. The number of hydrogen-bond acceptors (Lipinski definition) is 7. The number of carbonyl (C=O) groups excluding carboxylic acids is 1. The van der Waals surface area contributed by atoms with Crippen LogP contribution < -0.4 is 5.73 Å². The molecule has 37 heavy (non-hydrogen) atoms. The molecule has 7 nitrogen and oxygen atoms in total. The number of aromatic nitrogens is 2. The van der Waals surface area contributed by atoms with Gasteiger partial charge in [0.1, 0.15) is 10.7 Å². The van der Waals surface area contributed by atoms with Crippen molar-refractivity contribution in [3.63, 3.8) is 0 Å². The van der Waals surface area contributed by atoms with E-state index >= 15 is 0 Å². The molecule has 0 atom stereocenters. The summed E-state index contributed by atoms with van der Waals surface area (Å²) in [5, 5.41) is 0. The Balaban J connectivity index is 1.61. The quantitative estimate of drug-likeness (QED) is 0.158. The lowest BCUT2D eigenvalue weighted by atomic mass is 9.74. The highest BCUT2D eigenvalue weighted by Gasteiger charge is 2.32. The lowest BCUT2D eigenvalue weighted by Crippen LogP contribution is -2.40. The normalized spacial score (nSPS) is 21.4. The van der Waals surface area contributed by atoms with E-state index in [0.29, 0.717) is 24.2 Å². The van der Waals surface area contributed by atoms with Crippen LogP contribution in [0.3, 0.4) is 0 Å². The van der Waals surface area contributed by atoms with E-state index in [4.69, 9.17) is 10.5 Å². The lowest BCUT2D eigenvalue weighted by molar-refractivity contribution is 0.0606. The molecule has 0 unspecified atom stereocenters. The molecule has 9 heteroatoms. The van der Waals surface area contributed by atoms with Crippen LogP contribution in [0.4, 0.5) is 5.95 Å². The number of nitrogens with zero attached hydrogens (tertiary/aromatic N) is 4. The highest BCUT2D eigenvalue weighted by atomic mass is 127. The van der Waals surface area contributed by atoms with E-state index in [9.17, 15) is 4.79 Å². The van der Waals surface area contributed by atoms with Gasteiger partial charge in [0.2, 0.25) is 0 Å². The Bertz CT molecular complexity index is 1160. The average Bonchev–Trinajstić information content (AvgIpc) is 3.25. The zero-order valence-corrected chi connectivity index (χ0v) is 25.3. The van der Waals surface area contributed by atoms with Crippen molar-refractivity contribution < 1.29 is 9.53 Å². The Morgan fingerprint density at radius 3 is 2.57 bits per heavy atom. The van der Waals surface area contributed by atoms with E-state index in [-0.39, 0.29) is 5.97 Å². The van der Waals surface area contributed by atoms with Crippen molar-refractivity contribution in [3.8, 4) is 0 Å². The topological polar surface area (TPSA) is 93.7 Å². The molecule has 0 spiro atoms. The standard InChI is InChI=1S/C28H38IN5O2S/c1-5-6-19-7-9-20(10-8-19)23-15-34(16-25(30)33-28-31-17(2)13-18(3)32-28)12-11-21(23)22-14-24(29)37-26(22)27(35)36-4/h13-14,19-20H,5-12,15-16H2,1-4H3,(H2,30,31,32,33). The number of aryl methyl sites for hydroxylation is 2. The maximum Gasteiger partial charge on any atom is 0.348 e. The number of rotatable bonds is 8. The predicted molar refractivity (Wildman–Crippen MR) is 159 cm³/mol. The van der Waals surface area contributed by atoms with Gasteiger partial charge in [0.25, 0.3) is 5.95 Å². The third-order valence-corrected chi connectivity index (χ3v) is 9.37. The predicted octanol–water partition coefficient (Wildman–Crippen LogP) is 6.30. The second-order valence-electron chi connectivity index (χ2n) is 10.3. The summed E-state index contributed by atoms with van der Waals surface area (Å²) in [5.74, 6) is 2.09. The van der Waals surface area contributed by atoms with Gasteiger partial charge in [-0.3, -0.25) is 4.90 Å². The Morgan fingerprint density at radius 2 is 1.92 bits per heavy atom. The molecule has 1 fully saturated rings. The number of halogens is 1. The Hall–Kier alpha value is -1.85. The first kappa shape index (κ1) is 28.2. The SMILES string of the molecule is CCCC1CCC(C2=C(c3cc(I)sc3C(=O)OC)CCN(C/C(N)=N/c3nc(C)cc(C)n3)C2)CC1. The van der Waals surface area contributed by atoms with E-state index in [2.05, 4.69) is 55.4 Å². The number of ether oxygens (including phenoxy) is 1. The first-order chi connectivity index (χ1) is 17.8. The molecule has 1 aliphatic carbocycles. The molecule has 3 heterocycles. The minimum Gasteiger partial charge on any atom is -0.465 e. The van der Waals surface area contributed by atoms with Crippen LogP contribution in [0, 0.1) is 28.6 Å². The van der Waals surface area contributed by atoms with Crippen molar-refractivity contribution in [3.05, 3.63) is 42.4 Å². The summed E-state index contributed by atoms with van der Waals surface area (Å²) in [6.07, 6.45) is 8.47. The van der Waals surface area contributed by atoms with Crippen LogP contribution in [0.25, 0.3) is 5.57 Å². The van der Waals surface area contributed by atoms with E-state index < -0.39 is 0 Å². The van der Waals surface area contributed by atoms with Gasteiger partial charge in [-0.05, 0) is 104 Å². The average molecular weight is 636 g/mol. The summed E-state index contributed by atoms with van der Waals surface area (Å²) in [7, 11) is 1.47. The number of thiophene rings is 1. The molecule has 2 N–H and O–H groups in total. The summed E-state index contributed by atoms with van der Waals surface area (Å²) in [5.41, 5.74) is 12.0. The molecule has 0 radical (unpaired) electrons. The van der Waals surface area contributed by atoms with Crippen molar-refractivity contribution in [2.45, 2.75) is 65.7 Å². The van der Waals surface area contributed by atoms with Gasteiger partial charge in [-0.25, -0.2) is 14.8 Å².